The quantitative estimate of drug-likeness (QED) is 0.684. The molecule has 1 aliphatic rings. The Hall–Kier alpha value is -0.570. The van der Waals surface area contributed by atoms with Crippen molar-refractivity contribution >= 4 is 5.91 Å². The van der Waals surface area contributed by atoms with Gasteiger partial charge in [-0.25, -0.2) is 0 Å². The van der Waals surface area contributed by atoms with Crippen molar-refractivity contribution < 1.29 is 4.79 Å². The van der Waals surface area contributed by atoms with E-state index in [-0.39, 0.29) is 11.4 Å². The van der Waals surface area contributed by atoms with Crippen molar-refractivity contribution in [2.24, 2.45) is 5.92 Å². The lowest BCUT2D eigenvalue weighted by Gasteiger charge is -2.19. The molecule has 0 aromatic carbocycles. The van der Waals surface area contributed by atoms with E-state index in [2.05, 4.69) is 38.3 Å². The number of rotatable bonds is 3. The minimum absolute atomic E-state index is 0.0203. The van der Waals surface area contributed by atoms with Crippen LogP contribution < -0.4 is 10.6 Å². The molecule has 3 heteroatoms. The third-order valence-electron chi connectivity index (χ3n) is 2.24. The van der Waals surface area contributed by atoms with Crippen LogP contribution >= 0.6 is 0 Å². The molecule has 0 aliphatic heterocycles. The van der Waals surface area contributed by atoms with Gasteiger partial charge in [-0.15, -0.1) is 0 Å². The molecular weight excluding hydrogens is 164 g/mol. The summed E-state index contributed by atoms with van der Waals surface area (Å²) in [6.45, 7) is 8.74. The topological polar surface area (TPSA) is 41.1 Å². The lowest BCUT2D eigenvalue weighted by molar-refractivity contribution is -0.120. The lowest BCUT2D eigenvalue weighted by atomic mass is 10.1. The molecule has 3 nitrogen and oxygen atoms in total. The summed E-state index contributed by atoms with van der Waals surface area (Å²) < 4.78 is 0. The fourth-order valence-corrected chi connectivity index (χ4v) is 1.13. The molecule has 0 aromatic rings. The first-order valence-electron chi connectivity index (χ1n) is 4.93. The predicted octanol–water partition coefficient (Wildman–Crippen LogP) is 0.899. The second-order valence-electron chi connectivity index (χ2n) is 4.99. The van der Waals surface area contributed by atoms with Crippen molar-refractivity contribution in [3.05, 3.63) is 0 Å². The molecule has 1 saturated carbocycles. The molecule has 2 unspecified atom stereocenters. The van der Waals surface area contributed by atoms with Gasteiger partial charge in [0.2, 0.25) is 5.91 Å². The van der Waals surface area contributed by atoms with Gasteiger partial charge in [0.1, 0.15) is 0 Å². The van der Waals surface area contributed by atoms with Crippen LogP contribution in [0.4, 0.5) is 0 Å². The van der Waals surface area contributed by atoms with E-state index in [9.17, 15) is 4.79 Å². The smallest absolute Gasteiger partial charge is 0.234 e. The highest BCUT2D eigenvalue weighted by molar-refractivity contribution is 5.78. The molecule has 2 atom stereocenters. The van der Waals surface area contributed by atoms with Crippen LogP contribution in [0.5, 0.6) is 0 Å². The fourth-order valence-electron chi connectivity index (χ4n) is 1.13. The van der Waals surface area contributed by atoms with Crippen molar-refractivity contribution in [1.29, 1.82) is 0 Å². The minimum Gasteiger partial charge on any atom is -0.352 e. The molecular formula is C10H20N2O. The van der Waals surface area contributed by atoms with Gasteiger partial charge in [-0.1, -0.05) is 6.92 Å². The number of nitrogens with one attached hydrogen (secondary N) is 2. The largest absolute Gasteiger partial charge is 0.352 e. The van der Waals surface area contributed by atoms with E-state index < -0.39 is 0 Å². The molecule has 76 valence electrons. The summed E-state index contributed by atoms with van der Waals surface area (Å²) in [6.07, 6.45) is 1.14. The first kappa shape index (κ1) is 10.5. The zero-order valence-corrected chi connectivity index (χ0v) is 8.98. The van der Waals surface area contributed by atoms with Crippen LogP contribution in [0.25, 0.3) is 0 Å². The molecule has 0 aromatic heterocycles. The van der Waals surface area contributed by atoms with Crippen LogP contribution in [-0.4, -0.2) is 24.0 Å². The normalized spacial score (nSPS) is 27.1. The Kier molecular flexibility index (Phi) is 2.96. The number of carbonyl (C=O) groups is 1. The van der Waals surface area contributed by atoms with Gasteiger partial charge in [-0.05, 0) is 33.1 Å². The highest BCUT2D eigenvalue weighted by Gasteiger charge is 2.33. The summed E-state index contributed by atoms with van der Waals surface area (Å²) in [7, 11) is 0. The molecule has 0 bridgehead atoms. The van der Waals surface area contributed by atoms with Crippen LogP contribution in [0.15, 0.2) is 0 Å². The zero-order chi connectivity index (χ0) is 10.1. The van der Waals surface area contributed by atoms with Crippen molar-refractivity contribution in [2.45, 2.75) is 45.7 Å². The van der Waals surface area contributed by atoms with E-state index in [0.29, 0.717) is 18.5 Å². The summed E-state index contributed by atoms with van der Waals surface area (Å²) in [5.41, 5.74) is 0.0203. The summed E-state index contributed by atoms with van der Waals surface area (Å²) in [5, 5.41) is 6.13. The Morgan fingerprint density at radius 1 is 1.46 bits per heavy atom. The summed E-state index contributed by atoms with van der Waals surface area (Å²) in [4.78, 5) is 11.3. The van der Waals surface area contributed by atoms with Gasteiger partial charge < -0.3 is 10.6 Å². The third-order valence-corrected chi connectivity index (χ3v) is 2.24. The molecule has 13 heavy (non-hydrogen) atoms. The van der Waals surface area contributed by atoms with Crippen LogP contribution in [0.1, 0.15) is 34.1 Å². The van der Waals surface area contributed by atoms with Crippen LogP contribution in [0.2, 0.25) is 0 Å². The first-order chi connectivity index (χ1) is 5.88. The van der Waals surface area contributed by atoms with E-state index in [1.807, 2.05) is 0 Å². The van der Waals surface area contributed by atoms with E-state index in [1.54, 1.807) is 0 Å². The van der Waals surface area contributed by atoms with Crippen molar-refractivity contribution in [2.75, 3.05) is 6.54 Å². The van der Waals surface area contributed by atoms with E-state index >= 15 is 0 Å². The van der Waals surface area contributed by atoms with Gasteiger partial charge in [0.25, 0.3) is 0 Å². The molecule has 1 amide bonds. The third kappa shape index (κ3) is 4.27. The Labute approximate surface area is 80.3 Å². The van der Waals surface area contributed by atoms with Gasteiger partial charge in [-0.3, -0.25) is 4.79 Å². The number of hydrogen-bond donors (Lipinski definition) is 2. The molecule has 1 rings (SSSR count). The standard InChI is InChI=1S/C10H20N2O/c1-7-5-8(7)12-9(13)6-11-10(2,3)4/h7-8,11H,5-6H2,1-4H3,(H,12,13). The second-order valence-corrected chi connectivity index (χ2v) is 4.99. The molecule has 1 fully saturated rings. The molecule has 0 spiro atoms. The highest BCUT2D eigenvalue weighted by atomic mass is 16.2. The number of hydrogen-bond acceptors (Lipinski definition) is 2. The monoisotopic (exact) mass is 184 g/mol. The van der Waals surface area contributed by atoms with Crippen LogP contribution in [0, 0.1) is 5.92 Å². The Morgan fingerprint density at radius 2 is 2.00 bits per heavy atom. The molecule has 0 saturated heterocycles. The van der Waals surface area contributed by atoms with Crippen LogP contribution in [-0.2, 0) is 4.79 Å². The van der Waals surface area contributed by atoms with Gasteiger partial charge in [0.15, 0.2) is 0 Å². The van der Waals surface area contributed by atoms with Gasteiger partial charge >= 0.3 is 0 Å². The number of carbonyl (C=O) groups excluding carboxylic acids is 1. The van der Waals surface area contributed by atoms with Crippen molar-refractivity contribution in [3.8, 4) is 0 Å². The SMILES string of the molecule is CC1CC1NC(=O)CNC(C)(C)C. The van der Waals surface area contributed by atoms with Gasteiger partial charge in [0, 0.05) is 11.6 Å². The van der Waals surface area contributed by atoms with E-state index in [1.165, 1.54) is 0 Å². The number of amides is 1. The predicted molar refractivity (Wildman–Crippen MR) is 53.5 cm³/mol. The maximum atomic E-state index is 11.3. The average Bonchev–Trinajstić information content (AvgIpc) is 2.61. The molecule has 1 aliphatic carbocycles. The Bertz CT molecular complexity index is 196. The van der Waals surface area contributed by atoms with Crippen molar-refractivity contribution in [3.63, 3.8) is 0 Å². The van der Waals surface area contributed by atoms with Crippen LogP contribution in [0.3, 0.4) is 0 Å². The van der Waals surface area contributed by atoms with E-state index in [4.69, 9.17) is 0 Å². The zero-order valence-electron chi connectivity index (χ0n) is 8.98. The van der Waals surface area contributed by atoms with Gasteiger partial charge in [-0.2, -0.15) is 0 Å². The van der Waals surface area contributed by atoms with E-state index in [0.717, 1.165) is 6.42 Å². The van der Waals surface area contributed by atoms with Crippen molar-refractivity contribution in [1.82, 2.24) is 10.6 Å². The maximum absolute atomic E-state index is 11.3. The summed E-state index contributed by atoms with van der Waals surface area (Å²) in [5.74, 6) is 0.794. The maximum Gasteiger partial charge on any atom is 0.234 e. The molecule has 0 heterocycles. The fraction of sp³-hybridized carbons (Fsp3) is 0.900. The molecule has 0 radical (unpaired) electrons. The summed E-state index contributed by atoms with van der Waals surface area (Å²) in [6, 6.07) is 0.439. The lowest BCUT2D eigenvalue weighted by Crippen LogP contribution is -2.43. The minimum atomic E-state index is 0.0203. The highest BCUT2D eigenvalue weighted by Crippen LogP contribution is 2.28. The Balaban J connectivity index is 2.11. The molecule has 2 N–H and O–H groups in total. The average molecular weight is 184 g/mol. The summed E-state index contributed by atoms with van der Waals surface area (Å²) >= 11 is 0. The first-order valence-corrected chi connectivity index (χ1v) is 4.93. The van der Waals surface area contributed by atoms with Gasteiger partial charge in [0.05, 0.1) is 6.54 Å². The Morgan fingerprint density at radius 3 is 2.38 bits per heavy atom. The second kappa shape index (κ2) is 3.66.